The van der Waals surface area contributed by atoms with Crippen LogP contribution in [0.4, 0.5) is 5.69 Å². The molecule has 15 heavy (non-hydrogen) atoms. The third-order valence-corrected chi connectivity index (χ3v) is 2.99. The predicted molar refractivity (Wildman–Crippen MR) is 63.0 cm³/mol. The molecular formula is C12H15ClN2. The van der Waals surface area contributed by atoms with E-state index in [1.807, 2.05) is 6.07 Å². The largest absolute Gasteiger partial charge is 0.172 e. The molecule has 1 aromatic carbocycles. The standard InChI is InChI=1S/C12H15ClN2/c1-7-5-6-8-9(11(13)15-14-8)10(7)12(2,3)4/h5-6,11H,1-4H3. The molecule has 1 aliphatic heterocycles. The highest BCUT2D eigenvalue weighted by Gasteiger charge is 2.29. The second-order valence-electron chi connectivity index (χ2n) is 4.99. The van der Waals surface area contributed by atoms with Crippen LogP contribution in [0.25, 0.3) is 0 Å². The summed E-state index contributed by atoms with van der Waals surface area (Å²) in [5, 5.41) is 8.10. The van der Waals surface area contributed by atoms with Gasteiger partial charge in [0, 0.05) is 5.56 Å². The molecule has 0 saturated carbocycles. The Labute approximate surface area is 95.4 Å². The number of halogens is 1. The van der Waals surface area contributed by atoms with E-state index in [1.165, 1.54) is 11.1 Å². The number of hydrogen-bond donors (Lipinski definition) is 0. The van der Waals surface area contributed by atoms with E-state index in [4.69, 9.17) is 11.6 Å². The topological polar surface area (TPSA) is 24.7 Å². The molecule has 0 radical (unpaired) electrons. The van der Waals surface area contributed by atoms with Gasteiger partial charge in [-0.2, -0.15) is 10.2 Å². The number of alkyl halides is 1. The molecule has 1 aliphatic rings. The highest BCUT2D eigenvalue weighted by Crippen LogP contribution is 2.45. The molecular weight excluding hydrogens is 208 g/mol. The maximum Gasteiger partial charge on any atom is 0.172 e. The van der Waals surface area contributed by atoms with Gasteiger partial charge in [-0.3, -0.25) is 0 Å². The van der Waals surface area contributed by atoms with Crippen LogP contribution in [-0.4, -0.2) is 0 Å². The first kappa shape index (κ1) is 10.6. The minimum absolute atomic E-state index is 0.0813. The lowest BCUT2D eigenvalue weighted by Gasteiger charge is -2.25. The van der Waals surface area contributed by atoms with Crippen LogP contribution in [0.1, 0.15) is 43.0 Å². The molecule has 0 saturated heterocycles. The van der Waals surface area contributed by atoms with E-state index in [0.717, 1.165) is 11.3 Å². The van der Waals surface area contributed by atoms with Crippen LogP contribution in [0.15, 0.2) is 22.4 Å². The number of fused-ring (bicyclic) bond motifs is 1. The Hall–Kier alpha value is -0.890. The van der Waals surface area contributed by atoms with Gasteiger partial charge in [-0.25, -0.2) is 0 Å². The van der Waals surface area contributed by atoms with E-state index in [9.17, 15) is 0 Å². The molecule has 1 aromatic rings. The lowest BCUT2D eigenvalue weighted by Crippen LogP contribution is -2.16. The number of aryl methyl sites for hydroxylation is 1. The van der Waals surface area contributed by atoms with Crippen LogP contribution >= 0.6 is 11.6 Å². The van der Waals surface area contributed by atoms with Crippen molar-refractivity contribution < 1.29 is 0 Å². The minimum Gasteiger partial charge on any atom is -0.164 e. The minimum atomic E-state index is -0.311. The van der Waals surface area contributed by atoms with Crippen LogP contribution in [0.2, 0.25) is 0 Å². The highest BCUT2D eigenvalue weighted by molar-refractivity contribution is 6.21. The smallest absolute Gasteiger partial charge is 0.164 e. The molecule has 3 heteroatoms. The van der Waals surface area contributed by atoms with Crippen molar-refractivity contribution in [2.24, 2.45) is 10.2 Å². The molecule has 1 heterocycles. The van der Waals surface area contributed by atoms with Crippen molar-refractivity contribution in [3.8, 4) is 0 Å². The first-order valence-electron chi connectivity index (χ1n) is 5.10. The summed E-state index contributed by atoms with van der Waals surface area (Å²) in [5.74, 6) is 0. The van der Waals surface area contributed by atoms with E-state index < -0.39 is 0 Å². The summed E-state index contributed by atoms with van der Waals surface area (Å²) in [7, 11) is 0. The lowest BCUT2D eigenvalue weighted by molar-refractivity contribution is 0.579. The fourth-order valence-electron chi connectivity index (χ4n) is 2.21. The quantitative estimate of drug-likeness (QED) is 0.452. The molecule has 0 fully saturated rings. The Bertz CT molecular complexity index is 430. The van der Waals surface area contributed by atoms with Gasteiger partial charge in [0.2, 0.25) is 0 Å². The van der Waals surface area contributed by atoms with Crippen LogP contribution in [0.5, 0.6) is 0 Å². The Morgan fingerprint density at radius 1 is 1.27 bits per heavy atom. The summed E-state index contributed by atoms with van der Waals surface area (Å²) in [6.07, 6.45) is 0. The van der Waals surface area contributed by atoms with E-state index >= 15 is 0 Å². The Kier molecular flexibility index (Phi) is 2.34. The molecule has 0 spiro atoms. The molecule has 1 unspecified atom stereocenters. The van der Waals surface area contributed by atoms with Crippen molar-refractivity contribution >= 4 is 17.3 Å². The third kappa shape index (κ3) is 1.67. The second-order valence-corrected chi connectivity index (χ2v) is 5.40. The maximum atomic E-state index is 6.17. The fourth-order valence-corrected chi connectivity index (χ4v) is 2.48. The van der Waals surface area contributed by atoms with Crippen LogP contribution in [-0.2, 0) is 5.41 Å². The van der Waals surface area contributed by atoms with Gasteiger partial charge in [0.25, 0.3) is 0 Å². The first-order chi connectivity index (χ1) is 6.91. The highest BCUT2D eigenvalue weighted by atomic mass is 35.5. The predicted octanol–water partition coefficient (Wildman–Crippen LogP) is 4.63. The number of hydrogen-bond acceptors (Lipinski definition) is 2. The molecule has 0 bridgehead atoms. The zero-order chi connectivity index (χ0) is 11.2. The fraction of sp³-hybridized carbons (Fsp3) is 0.500. The first-order valence-corrected chi connectivity index (χ1v) is 5.54. The van der Waals surface area contributed by atoms with Crippen molar-refractivity contribution in [3.63, 3.8) is 0 Å². The van der Waals surface area contributed by atoms with Gasteiger partial charge >= 0.3 is 0 Å². The van der Waals surface area contributed by atoms with Gasteiger partial charge < -0.3 is 0 Å². The summed E-state index contributed by atoms with van der Waals surface area (Å²) in [6, 6.07) is 4.08. The molecule has 0 aromatic heterocycles. The van der Waals surface area contributed by atoms with Crippen molar-refractivity contribution in [1.82, 2.24) is 0 Å². The van der Waals surface area contributed by atoms with Gasteiger partial charge in [-0.05, 0) is 29.5 Å². The Morgan fingerprint density at radius 3 is 2.53 bits per heavy atom. The summed E-state index contributed by atoms with van der Waals surface area (Å²) >= 11 is 6.17. The number of nitrogens with zero attached hydrogens (tertiary/aromatic N) is 2. The number of azo groups is 1. The van der Waals surface area contributed by atoms with Gasteiger partial charge in [-0.1, -0.05) is 38.4 Å². The maximum absolute atomic E-state index is 6.17. The zero-order valence-corrected chi connectivity index (χ0v) is 10.3. The van der Waals surface area contributed by atoms with Gasteiger partial charge in [0.15, 0.2) is 5.50 Å². The van der Waals surface area contributed by atoms with Gasteiger partial charge in [0.1, 0.15) is 0 Å². The zero-order valence-electron chi connectivity index (χ0n) is 9.50. The van der Waals surface area contributed by atoms with Crippen molar-refractivity contribution in [2.45, 2.75) is 38.6 Å². The SMILES string of the molecule is Cc1ccc2c(c1C(C)(C)C)C(Cl)N=N2. The van der Waals surface area contributed by atoms with Crippen LogP contribution in [0, 0.1) is 6.92 Å². The van der Waals surface area contributed by atoms with Crippen molar-refractivity contribution in [1.29, 1.82) is 0 Å². The average Bonchev–Trinajstić information content (AvgIpc) is 2.46. The summed E-state index contributed by atoms with van der Waals surface area (Å²) < 4.78 is 0. The third-order valence-electron chi connectivity index (χ3n) is 2.69. The molecule has 80 valence electrons. The summed E-state index contributed by atoms with van der Waals surface area (Å²) in [5.41, 5.74) is 4.32. The number of rotatable bonds is 0. The van der Waals surface area contributed by atoms with E-state index in [2.05, 4.69) is 44.0 Å². The van der Waals surface area contributed by atoms with Crippen LogP contribution in [0.3, 0.4) is 0 Å². The van der Waals surface area contributed by atoms with Gasteiger partial charge in [-0.15, -0.1) is 0 Å². The summed E-state index contributed by atoms with van der Waals surface area (Å²) in [4.78, 5) is 0. The second kappa shape index (κ2) is 3.31. The summed E-state index contributed by atoms with van der Waals surface area (Å²) in [6.45, 7) is 8.69. The van der Waals surface area contributed by atoms with E-state index in [1.54, 1.807) is 0 Å². The lowest BCUT2D eigenvalue weighted by atomic mass is 9.80. The van der Waals surface area contributed by atoms with Crippen molar-refractivity contribution in [3.05, 3.63) is 28.8 Å². The molecule has 0 N–H and O–H groups in total. The monoisotopic (exact) mass is 222 g/mol. The molecule has 2 rings (SSSR count). The molecule has 1 atom stereocenters. The van der Waals surface area contributed by atoms with E-state index in [-0.39, 0.29) is 10.9 Å². The average molecular weight is 223 g/mol. The van der Waals surface area contributed by atoms with Crippen molar-refractivity contribution in [2.75, 3.05) is 0 Å². The number of benzene rings is 1. The van der Waals surface area contributed by atoms with Gasteiger partial charge in [0.05, 0.1) is 5.69 Å². The molecule has 2 nitrogen and oxygen atoms in total. The Balaban J connectivity index is 2.70. The Morgan fingerprint density at radius 2 is 1.93 bits per heavy atom. The van der Waals surface area contributed by atoms with Crippen LogP contribution < -0.4 is 0 Å². The molecule has 0 aliphatic carbocycles. The van der Waals surface area contributed by atoms with E-state index in [0.29, 0.717) is 0 Å². The normalized spacial score (nSPS) is 19.4. The molecule has 0 amide bonds.